The Morgan fingerprint density at radius 2 is 2.00 bits per heavy atom. The molecule has 2 aromatic carbocycles. The van der Waals surface area contributed by atoms with Crippen molar-refractivity contribution in [2.24, 2.45) is 5.73 Å². The van der Waals surface area contributed by atoms with Crippen LogP contribution in [0.25, 0.3) is 0 Å². The zero-order chi connectivity index (χ0) is 18.9. The molecule has 138 valence electrons. The molecule has 0 spiro atoms. The topological polar surface area (TPSA) is 81.4 Å². The Morgan fingerprint density at radius 1 is 1.23 bits per heavy atom. The maximum Gasteiger partial charge on any atom is 0.227 e. The lowest BCUT2D eigenvalue weighted by molar-refractivity contribution is -0.116. The molecule has 2 amide bonds. The third-order valence-electron chi connectivity index (χ3n) is 3.47. The lowest BCUT2D eigenvalue weighted by atomic mass is 10.2. The maximum absolute atomic E-state index is 12.1. The van der Waals surface area contributed by atoms with Gasteiger partial charge in [0.1, 0.15) is 5.75 Å². The number of carbonyl (C=O) groups is 2. The van der Waals surface area contributed by atoms with Crippen molar-refractivity contribution < 1.29 is 14.3 Å². The highest BCUT2D eigenvalue weighted by atomic mass is 35.5. The van der Waals surface area contributed by atoms with E-state index >= 15 is 0 Å². The molecular weight excluding hydrogens is 372 g/mol. The maximum atomic E-state index is 12.1. The first-order chi connectivity index (χ1) is 12.5. The Balaban J connectivity index is 1.79. The van der Waals surface area contributed by atoms with E-state index in [0.29, 0.717) is 30.2 Å². The number of primary amides is 1. The summed E-state index contributed by atoms with van der Waals surface area (Å²) >= 11 is 7.21. The molecule has 0 saturated heterocycles. The van der Waals surface area contributed by atoms with Crippen LogP contribution in [-0.2, 0) is 9.59 Å². The van der Waals surface area contributed by atoms with E-state index in [4.69, 9.17) is 22.1 Å². The van der Waals surface area contributed by atoms with Crippen LogP contribution < -0.4 is 15.8 Å². The van der Waals surface area contributed by atoms with E-state index in [1.54, 1.807) is 12.1 Å². The molecule has 0 bridgehead atoms. The smallest absolute Gasteiger partial charge is 0.227 e. The minimum absolute atomic E-state index is 0.103. The van der Waals surface area contributed by atoms with Crippen LogP contribution in [0.5, 0.6) is 5.75 Å². The summed E-state index contributed by atoms with van der Waals surface area (Å²) in [6.07, 6.45) is 0.923. The molecule has 0 saturated carbocycles. The monoisotopic (exact) mass is 392 g/mol. The summed E-state index contributed by atoms with van der Waals surface area (Å²) in [6.45, 7) is 2.36. The van der Waals surface area contributed by atoms with Crippen LogP contribution in [0.4, 0.5) is 5.69 Å². The number of rotatable bonds is 9. The Morgan fingerprint density at radius 3 is 2.73 bits per heavy atom. The highest BCUT2D eigenvalue weighted by Gasteiger charge is 2.08. The van der Waals surface area contributed by atoms with E-state index in [0.717, 1.165) is 16.2 Å². The van der Waals surface area contributed by atoms with E-state index in [1.165, 1.54) is 11.8 Å². The lowest BCUT2D eigenvalue weighted by Crippen LogP contribution is -2.15. The van der Waals surface area contributed by atoms with Crippen LogP contribution in [0.15, 0.2) is 47.4 Å². The largest absolute Gasteiger partial charge is 0.493 e. The second-order valence-corrected chi connectivity index (χ2v) is 7.11. The first kappa shape index (κ1) is 20.1. The van der Waals surface area contributed by atoms with Crippen molar-refractivity contribution in [2.45, 2.75) is 24.7 Å². The van der Waals surface area contributed by atoms with Crippen LogP contribution in [0.3, 0.4) is 0 Å². The standard InChI is InChI=1S/C19H21ClN2O3S/c1-13-11-14(20)8-9-16(13)25-10-4-7-19(24)22-15-5-2-3-6-17(15)26-12-18(21)23/h2-3,5-6,8-9,11H,4,7,10,12H2,1H3,(H2,21,23)(H,22,24). The highest BCUT2D eigenvalue weighted by Crippen LogP contribution is 2.27. The average molecular weight is 393 g/mol. The number of carbonyl (C=O) groups excluding carboxylic acids is 2. The fourth-order valence-electron chi connectivity index (χ4n) is 2.25. The first-order valence-corrected chi connectivity index (χ1v) is 9.51. The molecule has 0 unspecified atom stereocenters. The van der Waals surface area contributed by atoms with Gasteiger partial charge < -0.3 is 15.8 Å². The third-order valence-corrected chi connectivity index (χ3v) is 4.80. The number of amides is 2. The summed E-state index contributed by atoms with van der Waals surface area (Å²) in [5.74, 6) is 0.434. The average Bonchev–Trinajstić information content (AvgIpc) is 2.59. The summed E-state index contributed by atoms with van der Waals surface area (Å²) in [5.41, 5.74) is 6.81. The molecule has 0 heterocycles. The van der Waals surface area contributed by atoms with Gasteiger partial charge in [0.05, 0.1) is 18.0 Å². The van der Waals surface area contributed by atoms with Crippen LogP contribution in [0, 0.1) is 6.92 Å². The zero-order valence-corrected chi connectivity index (χ0v) is 16.0. The predicted molar refractivity (Wildman–Crippen MR) is 106 cm³/mol. The van der Waals surface area contributed by atoms with Crippen molar-refractivity contribution in [3.8, 4) is 5.75 Å². The minimum atomic E-state index is -0.397. The van der Waals surface area contributed by atoms with Crippen molar-refractivity contribution >= 4 is 40.9 Å². The van der Waals surface area contributed by atoms with Gasteiger partial charge in [0, 0.05) is 16.3 Å². The molecule has 0 aliphatic rings. The Kier molecular flexibility index (Phi) is 7.81. The molecule has 7 heteroatoms. The second kappa shape index (κ2) is 10.1. The van der Waals surface area contributed by atoms with Gasteiger partial charge in [-0.3, -0.25) is 9.59 Å². The molecule has 0 fully saturated rings. The van der Waals surface area contributed by atoms with Gasteiger partial charge in [-0.25, -0.2) is 0 Å². The van der Waals surface area contributed by atoms with Crippen molar-refractivity contribution in [3.05, 3.63) is 53.1 Å². The third kappa shape index (κ3) is 6.61. The summed E-state index contributed by atoms with van der Waals surface area (Å²) in [5, 5.41) is 3.54. The molecule has 2 rings (SSSR count). The zero-order valence-electron chi connectivity index (χ0n) is 14.5. The molecule has 2 aromatic rings. The highest BCUT2D eigenvalue weighted by molar-refractivity contribution is 8.00. The van der Waals surface area contributed by atoms with Crippen molar-refractivity contribution in [1.29, 1.82) is 0 Å². The van der Waals surface area contributed by atoms with Gasteiger partial charge in [-0.1, -0.05) is 23.7 Å². The van der Waals surface area contributed by atoms with Gasteiger partial charge in [0.25, 0.3) is 0 Å². The normalized spacial score (nSPS) is 10.4. The number of thioether (sulfide) groups is 1. The van der Waals surface area contributed by atoms with E-state index < -0.39 is 5.91 Å². The van der Waals surface area contributed by atoms with Gasteiger partial charge >= 0.3 is 0 Å². The number of hydrogen-bond donors (Lipinski definition) is 2. The number of nitrogens with two attached hydrogens (primary N) is 1. The Labute approximate surface area is 162 Å². The van der Waals surface area contributed by atoms with E-state index in [1.807, 2.05) is 37.3 Å². The number of nitrogens with one attached hydrogen (secondary N) is 1. The number of benzene rings is 2. The van der Waals surface area contributed by atoms with E-state index in [-0.39, 0.29) is 11.7 Å². The number of anilines is 1. The molecule has 3 N–H and O–H groups in total. The van der Waals surface area contributed by atoms with Gasteiger partial charge in [-0.2, -0.15) is 0 Å². The van der Waals surface area contributed by atoms with Crippen molar-refractivity contribution in [2.75, 3.05) is 17.7 Å². The summed E-state index contributed by atoms with van der Waals surface area (Å²) < 4.78 is 5.69. The van der Waals surface area contributed by atoms with Crippen molar-refractivity contribution in [1.82, 2.24) is 0 Å². The molecule has 5 nitrogen and oxygen atoms in total. The van der Waals surface area contributed by atoms with Gasteiger partial charge in [-0.05, 0) is 49.2 Å². The molecule has 0 aliphatic heterocycles. The SMILES string of the molecule is Cc1cc(Cl)ccc1OCCCC(=O)Nc1ccccc1SCC(N)=O. The predicted octanol–water partition coefficient (Wildman–Crippen LogP) is 4.02. The molecule has 0 aromatic heterocycles. The number of para-hydroxylation sites is 1. The van der Waals surface area contributed by atoms with E-state index in [9.17, 15) is 9.59 Å². The molecule has 0 atom stereocenters. The van der Waals surface area contributed by atoms with Gasteiger partial charge in [0.15, 0.2) is 0 Å². The van der Waals surface area contributed by atoms with Crippen LogP contribution >= 0.6 is 23.4 Å². The molecular formula is C19H21ClN2O3S. The van der Waals surface area contributed by atoms with E-state index in [2.05, 4.69) is 5.32 Å². The van der Waals surface area contributed by atoms with Crippen LogP contribution in [-0.4, -0.2) is 24.2 Å². The minimum Gasteiger partial charge on any atom is -0.493 e. The number of halogens is 1. The summed E-state index contributed by atoms with van der Waals surface area (Å²) in [7, 11) is 0. The summed E-state index contributed by atoms with van der Waals surface area (Å²) in [6, 6.07) is 12.8. The van der Waals surface area contributed by atoms with Gasteiger partial charge in [-0.15, -0.1) is 11.8 Å². The molecule has 0 radical (unpaired) electrons. The van der Waals surface area contributed by atoms with Gasteiger partial charge in [0.2, 0.25) is 11.8 Å². The van der Waals surface area contributed by atoms with Crippen LogP contribution in [0.2, 0.25) is 5.02 Å². The number of ether oxygens (including phenoxy) is 1. The van der Waals surface area contributed by atoms with Crippen LogP contribution in [0.1, 0.15) is 18.4 Å². The fourth-order valence-corrected chi connectivity index (χ4v) is 3.22. The molecule has 0 aliphatic carbocycles. The fraction of sp³-hybridized carbons (Fsp3) is 0.263. The molecule has 26 heavy (non-hydrogen) atoms. The first-order valence-electron chi connectivity index (χ1n) is 8.14. The lowest BCUT2D eigenvalue weighted by Gasteiger charge is -2.11. The second-order valence-electron chi connectivity index (χ2n) is 5.66. The van der Waals surface area contributed by atoms with Crippen molar-refractivity contribution in [3.63, 3.8) is 0 Å². The number of hydrogen-bond acceptors (Lipinski definition) is 4. The summed E-state index contributed by atoms with van der Waals surface area (Å²) in [4.78, 5) is 23.9. The Bertz CT molecular complexity index is 783. The quantitative estimate of drug-likeness (QED) is 0.498. The Hall–Kier alpha value is -2.18. The number of aryl methyl sites for hydroxylation is 1.